The second-order valence-electron chi connectivity index (χ2n) is 22.0. The molecule has 15 aromatic carbocycles. The summed E-state index contributed by atoms with van der Waals surface area (Å²) in [5.74, 6) is 2.80. The molecule has 12 heteroatoms. The Bertz CT molecular complexity index is 4630. The summed E-state index contributed by atoms with van der Waals surface area (Å²) in [5.41, 5.74) is 5.19. The van der Waals surface area contributed by atoms with Crippen LogP contribution in [0.1, 0.15) is 33.4 Å². The van der Waals surface area contributed by atoms with E-state index in [1.165, 1.54) is 83.6 Å². The standard InChI is InChI=1S/2C21H16O2.2C11H10O.3C6H6O2/c22-20-12-16-7-3-1-5-14(16)9-18(20)11-19-10-15-6-2-4-8-17(15)13-21(19)23;22-20-11-9-14-5-1-3-7-16(14)18(20)13-19-17-8-4-2-6-15(17)10-12-21(19)23;1-8-6-9-4-2-3-5-10(9)7-11(8)12;1-8-10-5-3-2-4-9(10)6-7-11(8)12;3*7-5-1-2-6(8)4-3-5/h1-10,12-13,22-23H,11H2;1-12,22-23H,13H2;2*2-7,12H,1H3;3*1-4,7-8H. The van der Waals surface area contributed by atoms with Gasteiger partial charge in [-0.3, -0.25) is 0 Å². The van der Waals surface area contributed by atoms with Gasteiger partial charge < -0.3 is 61.3 Å². The van der Waals surface area contributed by atoms with Crippen LogP contribution in [0.15, 0.2) is 291 Å². The normalized spacial score (nSPS) is 10.4. The maximum absolute atomic E-state index is 10.4. The first-order valence-corrected chi connectivity index (χ1v) is 30.0. The van der Waals surface area contributed by atoms with Crippen molar-refractivity contribution >= 4 is 64.6 Å². The second kappa shape index (κ2) is 31.3. The van der Waals surface area contributed by atoms with Crippen molar-refractivity contribution in [3.63, 3.8) is 0 Å². The van der Waals surface area contributed by atoms with Crippen LogP contribution in [0.25, 0.3) is 64.6 Å². The van der Waals surface area contributed by atoms with Gasteiger partial charge in [0.2, 0.25) is 0 Å². The van der Waals surface area contributed by atoms with E-state index in [1.807, 2.05) is 196 Å². The molecule has 0 unspecified atom stereocenters. The number of rotatable bonds is 4. The van der Waals surface area contributed by atoms with Gasteiger partial charge in [0.15, 0.2) is 0 Å². The Morgan fingerprint density at radius 2 is 0.457 bits per heavy atom. The van der Waals surface area contributed by atoms with Crippen LogP contribution < -0.4 is 0 Å². The molecule has 0 amide bonds. The molecule has 0 aliphatic rings. The molecular weight excluding hydrogens is 1180 g/mol. The molecule has 0 spiro atoms. The Labute approximate surface area is 543 Å². The zero-order chi connectivity index (χ0) is 66.7. The summed E-state index contributed by atoms with van der Waals surface area (Å²) < 4.78 is 0. The Morgan fingerprint density at radius 1 is 0.202 bits per heavy atom. The van der Waals surface area contributed by atoms with Gasteiger partial charge >= 0.3 is 0 Å². The molecule has 94 heavy (non-hydrogen) atoms. The highest BCUT2D eigenvalue weighted by atomic mass is 16.3. The van der Waals surface area contributed by atoms with Crippen molar-refractivity contribution in [2.24, 2.45) is 0 Å². The largest absolute Gasteiger partial charge is 0.508 e. The lowest BCUT2D eigenvalue weighted by molar-refractivity contribution is 0.460. The van der Waals surface area contributed by atoms with Crippen molar-refractivity contribution in [2.75, 3.05) is 0 Å². The van der Waals surface area contributed by atoms with Crippen molar-refractivity contribution in [3.05, 3.63) is 325 Å². The van der Waals surface area contributed by atoms with Crippen LogP contribution in [-0.2, 0) is 12.8 Å². The molecule has 0 bridgehead atoms. The van der Waals surface area contributed by atoms with Crippen molar-refractivity contribution < 1.29 is 61.3 Å². The van der Waals surface area contributed by atoms with Gasteiger partial charge in [0.25, 0.3) is 0 Å². The van der Waals surface area contributed by atoms with Crippen molar-refractivity contribution in [2.45, 2.75) is 26.7 Å². The molecule has 0 atom stereocenters. The number of aryl methyl sites for hydroxylation is 2. The summed E-state index contributed by atoms with van der Waals surface area (Å²) in [6.45, 7) is 3.83. The molecule has 0 aliphatic carbocycles. The highest BCUT2D eigenvalue weighted by Gasteiger charge is 2.14. The summed E-state index contributed by atoms with van der Waals surface area (Å²) in [6, 6.07) is 87.3. The van der Waals surface area contributed by atoms with Crippen LogP contribution in [0.3, 0.4) is 0 Å². The Hall–Kier alpha value is -12.5. The van der Waals surface area contributed by atoms with E-state index in [1.54, 1.807) is 36.4 Å². The predicted octanol–water partition coefficient (Wildman–Crippen LogP) is 19.0. The minimum Gasteiger partial charge on any atom is -0.508 e. The highest BCUT2D eigenvalue weighted by Crippen LogP contribution is 2.36. The van der Waals surface area contributed by atoms with E-state index in [4.69, 9.17) is 30.6 Å². The fraction of sp³-hybridized carbons (Fsp3) is 0.0488. The maximum atomic E-state index is 10.4. The van der Waals surface area contributed by atoms with E-state index in [9.17, 15) is 30.6 Å². The summed E-state index contributed by atoms with van der Waals surface area (Å²) in [6.07, 6.45) is 0.980. The Morgan fingerprint density at radius 3 is 0.798 bits per heavy atom. The number of aromatic hydroxyl groups is 12. The van der Waals surface area contributed by atoms with Gasteiger partial charge in [0.05, 0.1) is 0 Å². The lowest BCUT2D eigenvalue weighted by atomic mass is 9.94. The molecular formula is C82H70O12. The molecule has 12 N–H and O–H groups in total. The number of benzene rings is 15. The van der Waals surface area contributed by atoms with E-state index in [2.05, 4.69) is 0 Å². The van der Waals surface area contributed by atoms with Crippen molar-refractivity contribution in [1.82, 2.24) is 0 Å². The van der Waals surface area contributed by atoms with Crippen LogP contribution in [0.4, 0.5) is 0 Å². The average Bonchev–Trinajstić information content (AvgIpc) is 0.816. The SMILES string of the molecule is Cc1c(O)ccc2ccccc12.Cc1cc2ccccc2cc1O.Oc1cc2ccccc2cc1Cc1cc2ccccc2cc1O.Oc1ccc(O)cc1.Oc1ccc(O)cc1.Oc1ccc(O)cc1.Oc1ccc2ccccc2c1Cc1c(O)ccc2ccccc12. The molecule has 0 saturated carbocycles. The van der Waals surface area contributed by atoms with Crippen LogP contribution in [0, 0.1) is 13.8 Å². The van der Waals surface area contributed by atoms with Crippen molar-refractivity contribution in [1.29, 1.82) is 0 Å². The number of phenols is 12. The van der Waals surface area contributed by atoms with Gasteiger partial charge in [0, 0.05) is 24.0 Å². The fourth-order valence-corrected chi connectivity index (χ4v) is 10.4. The number of hydrogen-bond donors (Lipinski definition) is 12. The molecule has 15 aromatic rings. The summed E-state index contributed by atoms with van der Waals surface area (Å²) in [7, 11) is 0. The third-order valence-corrected chi connectivity index (χ3v) is 15.4. The summed E-state index contributed by atoms with van der Waals surface area (Å²) >= 11 is 0. The number of phenolic OH excluding ortho intramolecular Hbond substituents is 12. The first kappa shape index (κ1) is 65.9. The first-order chi connectivity index (χ1) is 45.4. The third-order valence-electron chi connectivity index (χ3n) is 15.4. The molecule has 0 fully saturated rings. The molecule has 0 aliphatic heterocycles. The minimum absolute atomic E-state index is 0.169. The zero-order valence-corrected chi connectivity index (χ0v) is 51.5. The molecule has 0 aromatic heterocycles. The van der Waals surface area contributed by atoms with E-state index < -0.39 is 0 Å². The Balaban J connectivity index is 0.000000136. The monoisotopic (exact) mass is 1250 g/mol. The quantitative estimate of drug-likeness (QED) is 0.0737. The second-order valence-corrected chi connectivity index (χ2v) is 22.0. The third kappa shape index (κ3) is 17.7. The molecule has 15 rings (SSSR count). The van der Waals surface area contributed by atoms with E-state index in [0.717, 1.165) is 87.2 Å². The molecule has 0 saturated heterocycles. The number of hydrogen-bond acceptors (Lipinski definition) is 12. The molecule has 470 valence electrons. The van der Waals surface area contributed by atoms with Crippen LogP contribution in [-0.4, -0.2) is 61.3 Å². The first-order valence-electron chi connectivity index (χ1n) is 30.0. The van der Waals surface area contributed by atoms with Gasteiger partial charge in [-0.2, -0.15) is 0 Å². The molecule has 0 radical (unpaired) electrons. The molecule has 0 heterocycles. The van der Waals surface area contributed by atoms with Gasteiger partial charge in [-0.15, -0.1) is 0 Å². The lowest BCUT2D eigenvalue weighted by Gasteiger charge is -2.13. The van der Waals surface area contributed by atoms with E-state index >= 15 is 0 Å². The lowest BCUT2D eigenvalue weighted by Crippen LogP contribution is -1.93. The Kier molecular flexibility index (Phi) is 21.9. The van der Waals surface area contributed by atoms with Crippen molar-refractivity contribution in [3.8, 4) is 69.0 Å². The maximum Gasteiger partial charge on any atom is 0.119 e. The van der Waals surface area contributed by atoms with Crippen LogP contribution in [0.2, 0.25) is 0 Å². The van der Waals surface area contributed by atoms with Crippen LogP contribution >= 0.6 is 0 Å². The zero-order valence-electron chi connectivity index (χ0n) is 51.5. The minimum atomic E-state index is 0.169. The number of fused-ring (bicyclic) bond motifs is 6. The fourth-order valence-electron chi connectivity index (χ4n) is 10.4. The highest BCUT2D eigenvalue weighted by molar-refractivity contribution is 5.92. The average molecular weight is 1250 g/mol. The van der Waals surface area contributed by atoms with Gasteiger partial charge in [-0.05, 0) is 228 Å². The van der Waals surface area contributed by atoms with E-state index in [-0.39, 0.29) is 57.5 Å². The van der Waals surface area contributed by atoms with Gasteiger partial charge in [0.1, 0.15) is 69.0 Å². The van der Waals surface area contributed by atoms with Gasteiger partial charge in [-0.1, -0.05) is 164 Å². The predicted molar refractivity (Wildman–Crippen MR) is 378 cm³/mol. The van der Waals surface area contributed by atoms with Crippen LogP contribution in [0.5, 0.6) is 69.0 Å². The topological polar surface area (TPSA) is 243 Å². The smallest absolute Gasteiger partial charge is 0.119 e. The molecule has 12 nitrogen and oxygen atoms in total. The van der Waals surface area contributed by atoms with Gasteiger partial charge in [-0.25, -0.2) is 0 Å². The summed E-state index contributed by atoms with van der Waals surface area (Å²) in [5, 5.41) is 125. The summed E-state index contributed by atoms with van der Waals surface area (Å²) in [4.78, 5) is 0. The van der Waals surface area contributed by atoms with E-state index in [0.29, 0.717) is 24.3 Å².